The number of fused-ring (bicyclic) bond motifs is 1. The van der Waals surface area contributed by atoms with Crippen LogP contribution in [-0.2, 0) is 24.2 Å². The molecule has 0 aliphatic carbocycles. The summed E-state index contributed by atoms with van der Waals surface area (Å²) in [4.78, 5) is 14.4. The molecular formula is C27H29NO5. The van der Waals surface area contributed by atoms with E-state index in [1.807, 2.05) is 60.7 Å². The predicted octanol–water partition coefficient (Wildman–Crippen LogP) is 5.28. The fraction of sp³-hybridized carbons (Fsp3) is 0.296. The second-order valence-electron chi connectivity index (χ2n) is 8.00. The lowest BCUT2D eigenvalue weighted by atomic mass is 9.88. The fourth-order valence-electron chi connectivity index (χ4n) is 4.21. The standard InChI is InChI=1S/C27H29NO5/c1-3-32-27(30)28-14-13-21-16-26(31-2)25(29)17-23(21)24(28)15-19-9-11-22(12-10-19)33-18-20-7-5-4-6-8-20/h4-12,16-17,24,29H,3,13-15,18H2,1-2H3/t24-/m0/s1. The van der Waals surface area contributed by atoms with Gasteiger partial charge in [0, 0.05) is 6.54 Å². The van der Waals surface area contributed by atoms with Crippen LogP contribution in [0.15, 0.2) is 66.7 Å². The molecule has 33 heavy (non-hydrogen) atoms. The first-order chi connectivity index (χ1) is 16.1. The average molecular weight is 448 g/mol. The van der Waals surface area contributed by atoms with E-state index in [9.17, 15) is 9.90 Å². The molecule has 1 amide bonds. The molecule has 0 radical (unpaired) electrons. The maximum atomic E-state index is 12.7. The third-order valence-electron chi connectivity index (χ3n) is 5.90. The molecule has 1 N–H and O–H groups in total. The van der Waals surface area contributed by atoms with Crippen LogP contribution in [-0.4, -0.2) is 36.4 Å². The largest absolute Gasteiger partial charge is 0.504 e. The molecule has 172 valence electrons. The second-order valence-corrected chi connectivity index (χ2v) is 8.00. The molecule has 1 aliphatic rings. The van der Waals surface area contributed by atoms with E-state index in [0.29, 0.717) is 38.3 Å². The van der Waals surface area contributed by atoms with E-state index < -0.39 is 0 Å². The van der Waals surface area contributed by atoms with Crippen molar-refractivity contribution in [2.75, 3.05) is 20.3 Å². The molecule has 0 spiro atoms. The van der Waals surface area contributed by atoms with Crippen molar-refractivity contribution in [2.45, 2.75) is 32.4 Å². The number of hydrogen-bond acceptors (Lipinski definition) is 5. The third kappa shape index (κ3) is 5.22. The average Bonchev–Trinajstić information content (AvgIpc) is 2.84. The normalized spacial score (nSPS) is 15.0. The van der Waals surface area contributed by atoms with Crippen LogP contribution in [0.3, 0.4) is 0 Å². The number of carbonyl (C=O) groups excluding carboxylic acids is 1. The number of benzene rings is 3. The van der Waals surface area contributed by atoms with Crippen LogP contribution < -0.4 is 9.47 Å². The highest BCUT2D eigenvalue weighted by atomic mass is 16.6. The summed E-state index contributed by atoms with van der Waals surface area (Å²) in [7, 11) is 1.54. The van der Waals surface area contributed by atoms with Crippen LogP contribution in [0.4, 0.5) is 4.79 Å². The van der Waals surface area contributed by atoms with Gasteiger partial charge in [-0.1, -0.05) is 42.5 Å². The fourth-order valence-corrected chi connectivity index (χ4v) is 4.21. The lowest BCUT2D eigenvalue weighted by Crippen LogP contribution is -2.41. The summed E-state index contributed by atoms with van der Waals surface area (Å²) >= 11 is 0. The molecule has 6 heteroatoms. The third-order valence-corrected chi connectivity index (χ3v) is 5.90. The van der Waals surface area contributed by atoms with Gasteiger partial charge in [-0.2, -0.15) is 0 Å². The van der Waals surface area contributed by atoms with Crippen molar-refractivity contribution in [3.63, 3.8) is 0 Å². The summed E-state index contributed by atoms with van der Waals surface area (Å²) in [6, 6.07) is 21.3. The van der Waals surface area contributed by atoms with E-state index in [0.717, 1.165) is 28.0 Å². The number of rotatable bonds is 7. The summed E-state index contributed by atoms with van der Waals surface area (Å²) in [6.07, 6.45) is 0.927. The molecule has 0 bridgehead atoms. The molecule has 0 fully saturated rings. The van der Waals surface area contributed by atoms with Crippen molar-refractivity contribution < 1.29 is 24.1 Å². The maximum absolute atomic E-state index is 12.7. The summed E-state index contributed by atoms with van der Waals surface area (Å²) in [5.41, 5.74) is 4.15. The molecule has 0 unspecified atom stereocenters. The minimum atomic E-state index is -0.341. The topological polar surface area (TPSA) is 68.2 Å². The van der Waals surface area contributed by atoms with E-state index in [-0.39, 0.29) is 17.9 Å². The molecule has 1 heterocycles. The van der Waals surface area contributed by atoms with E-state index in [2.05, 4.69) is 0 Å². The first-order valence-electron chi connectivity index (χ1n) is 11.2. The van der Waals surface area contributed by atoms with Crippen LogP contribution in [0.1, 0.15) is 35.2 Å². The van der Waals surface area contributed by atoms with Crippen LogP contribution in [0.5, 0.6) is 17.2 Å². The summed E-state index contributed by atoms with van der Waals surface area (Å²) in [5.74, 6) is 1.30. The summed E-state index contributed by atoms with van der Waals surface area (Å²) in [5, 5.41) is 10.4. The molecule has 3 aromatic carbocycles. The second kappa shape index (κ2) is 10.3. The first-order valence-corrected chi connectivity index (χ1v) is 11.2. The van der Waals surface area contributed by atoms with Gasteiger partial charge in [-0.15, -0.1) is 0 Å². The first kappa shape index (κ1) is 22.5. The number of ether oxygens (including phenoxy) is 3. The Morgan fingerprint density at radius 1 is 1.06 bits per heavy atom. The van der Waals surface area contributed by atoms with Gasteiger partial charge < -0.3 is 24.2 Å². The van der Waals surface area contributed by atoms with Gasteiger partial charge in [0.1, 0.15) is 12.4 Å². The van der Waals surface area contributed by atoms with Crippen molar-refractivity contribution >= 4 is 6.09 Å². The SMILES string of the molecule is CCOC(=O)N1CCc2cc(OC)c(O)cc2[C@@H]1Cc1ccc(OCc2ccccc2)cc1. The molecule has 1 aliphatic heterocycles. The predicted molar refractivity (Wildman–Crippen MR) is 126 cm³/mol. The molecule has 0 saturated heterocycles. The number of hydrogen-bond donors (Lipinski definition) is 1. The number of amides is 1. The lowest BCUT2D eigenvalue weighted by Gasteiger charge is -2.37. The zero-order valence-corrected chi connectivity index (χ0v) is 19.0. The van der Waals surface area contributed by atoms with Crippen LogP contribution in [0.2, 0.25) is 0 Å². The van der Waals surface area contributed by atoms with Crippen LogP contribution in [0, 0.1) is 0 Å². The van der Waals surface area contributed by atoms with Gasteiger partial charge in [0.05, 0.1) is 19.8 Å². The Balaban J connectivity index is 1.54. The molecule has 0 saturated carbocycles. The Morgan fingerprint density at radius 2 is 1.82 bits per heavy atom. The maximum Gasteiger partial charge on any atom is 0.410 e. The Morgan fingerprint density at radius 3 is 2.52 bits per heavy atom. The van der Waals surface area contributed by atoms with Crippen LogP contribution in [0.25, 0.3) is 0 Å². The van der Waals surface area contributed by atoms with E-state index in [1.54, 1.807) is 17.9 Å². The smallest absolute Gasteiger partial charge is 0.410 e. The van der Waals surface area contributed by atoms with Gasteiger partial charge in [-0.05, 0) is 66.3 Å². The minimum absolute atomic E-state index is 0.0663. The Kier molecular flexibility index (Phi) is 7.03. The van der Waals surface area contributed by atoms with Gasteiger partial charge in [0.2, 0.25) is 0 Å². The van der Waals surface area contributed by atoms with Crippen molar-refractivity contribution in [3.05, 3.63) is 89.0 Å². The molecule has 0 aromatic heterocycles. The highest BCUT2D eigenvalue weighted by Gasteiger charge is 2.33. The van der Waals surface area contributed by atoms with Crippen LogP contribution >= 0.6 is 0 Å². The van der Waals surface area contributed by atoms with E-state index in [1.165, 1.54) is 7.11 Å². The monoisotopic (exact) mass is 447 g/mol. The number of carbonyl (C=O) groups is 1. The van der Waals surface area contributed by atoms with Gasteiger partial charge in [0.25, 0.3) is 0 Å². The molecule has 3 aromatic rings. The molecular weight excluding hydrogens is 418 g/mol. The lowest BCUT2D eigenvalue weighted by molar-refractivity contribution is 0.0863. The van der Waals surface area contributed by atoms with Crippen molar-refractivity contribution in [1.82, 2.24) is 4.90 Å². The Bertz CT molecular complexity index is 1080. The summed E-state index contributed by atoms with van der Waals surface area (Å²) < 4.78 is 16.5. The Hall–Kier alpha value is -3.67. The quantitative estimate of drug-likeness (QED) is 0.534. The van der Waals surface area contributed by atoms with Gasteiger partial charge in [0.15, 0.2) is 11.5 Å². The van der Waals surface area contributed by atoms with E-state index >= 15 is 0 Å². The van der Waals surface area contributed by atoms with Gasteiger partial charge in [-0.3, -0.25) is 0 Å². The van der Waals surface area contributed by atoms with E-state index in [4.69, 9.17) is 14.2 Å². The highest BCUT2D eigenvalue weighted by Crippen LogP contribution is 2.39. The molecule has 6 nitrogen and oxygen atoms in total. The van der Waals surface area contributed by atoms with Gasteiger partial charge >= 0.3 is 6.09 Å². The number of nitrogens with zero attached hydrogens (tertiary/aromatic N) is 1. The zero-order chi connectivity index (χ0) is 23.2. The van der Waals surface area contributed by atoms with Gasteiger partial charge in [-0.25, -0.2) is 4.79 Å². The van der Waals surface area contributed by atoms with Crippen molar-refractivity contribution in [1.29, 1.82) is 0 Å². The highest BCUT2D eigenvalue weighted by molar-refractivity contribution is 5.69. The number of aromatic hydroxyl groups is 1. The Labute approximate surface area is 194 Å². The number of methoxy groups -OCH3 is 1. The number of phenols is 1. The molecule has 4 rings (SSSR count). The molecule has 1 atom stereocenters. The van der Waals surface area contributed by atoms with Crippen molar-refractivity contribution in [2.24, 2.45) is 0 Å². The number of phenolic OH excluding ortho intramolecular Hbond substituents is 1. The zero-order valence-electron chi connectivity index (χ0n) is 19.0. The summed E-state index contributed by atoms with van der Waals surface area (Å²) in [6.45, 7) is 3.17. The minimum Gasteiger partial charge on any atom is -0.504 e. The van der Waals surface area contributed by atoms with Crippen molar-refractivity contribution in [3.8, 4) is 17.2 Å².